The highest BCUT2D eigenvalue weighted by molar-refractivity contribution is 7.90. The molecule has 1 aliphatic rings. The molecule has 122 valence electrons. The number of morpholine rings is 1. The number of ether oxygens (including phenoxy) is 1. The van der Waals surface area contributed by atoms with E-state index in [1.807, 2.05) is 0 Å². The van der Waals surface area contributed by atoms with Crippen LogP contribution in [0.25, 0.3) is 0 Å². The van der Waals surface area contributed by atoms with Crippen molar-refractivity contribution in [2.24, 2.45) is 0 Å². The van der Waals surface area contributed by atoms with Crippen molar-refractivity contribution in [3.63, 3.8) is 0 Å². The summed E-state index contributed by atoms with van der Waals surface area (Å²) in [5.74, 6) is -0.251. The van der Waals surface area contributed by atoms with E-state index in [0.717, 1.165) is 0 Å². The Morgan fingerprint density at radius 2 is 1.86 bits per heavy atom. The van der Waals surface area contributed by atoms with Gasteiger partial charge < -0.3 is 4.74 Å². The standard InChI is InChI=1S/C13H18N2O6S/c16-15(17)13-3-1-12(2-4-13)11-22(18,19)10-9-21-14-5-7-20-8-6-14/h1-4H,5-11H2. The third-order valence-corrected chi connectivity index (χ3v) is 4.73. The molecule has 0 unspecified atom stereocenters. The summed E-state index contributed by atoms with van der Waals surface area (Å²) < 4.78 is 29.2. The van der Waals surface area contributed by atoms with Crippen molar-refractivity contribution in [1.29, 1.82) is 0 Å². The molecule has 0 aliphatic carbocycles. The van der Waals surface area contributed by atoms with Gasteiger partial charge in [0.05, 0.1) is 36.2 Å². The molecule has 1 aromatic rings. The van der Waals surface area contributed by atoms with E-state index in [4.69, 9.17) is 9.57 Å². The van der Waals surface area contributed by atoms with E-state index in [1.165, 1.54) is 24.3 Å². The lowest BCUT2D eigenvalue weighted by Gasteiger charge is -2.25. The topological polar surface area (TPSA) is 99.0 Å². The van der Waals surface area contributed by atoms with Crippen LogP contribution in [0, 0.1) is 10.1 Å². The summed E-state index contributed by atoms with van der Waals surface area (Å²) in [4.78, 5) is 15.4. The van der Waals surface area contributed by atoms with Crippen molar-refractivity contribution >= 4 is 15.5 Å². The minimum atomic E-state index is -3.32. The second-order valence-electron chi connectivity index (χ2n) is 4.89. The number of rotatable bonds is 7. The van der Waals surface area contributed by atoms with Gasteiger partial charge in [-0.05, 0) is 5.56 Å². The van der Waals surface area contributed by atoms with Gasteiger partial charge in [0, 0.05) is 25.2 Å². The third kappa shape index (κ3) is 5.34. The van der Waals surface area contributed by atoms with E-state index >= 15 is 0 Å². The minimum Gasteiger partial charge on any atom is -0.379 e. The van der Waals surface area contributed by atoms with E-state index in [-0.39, 0.29) is 23.8 Å². The summed E-state index contributed by atoms with van der Waals surface area (Å²) >= 11 is 0. The SMILES string of the molecule is O=[N+]([O-])c1ccc(CS(=O)(=O)CCON2CCOCC2)cc1. The average molecular weight is 330 g/mol. The number of non-ortho nitro benzene ring substituents is 1. The maximum absolute atomic E-state index is 12.0. The van der Waals surface area contributed by atoms with E-state index in [2.05, 4.69) is 0 Å². The number of hydrogen-bond acceptors (Lipinski definition) is 7. The molecule has 1 aromatic carbocycles. The predicted octanol–water partition coefficient (Wildman–Crippen LogP) is 0.773. The Bertz CT molecular complexity index is 595. The zero-order valence-electron chi connectivity index (χ0n) is 12.0. The molecule has 9 heteroatoms. The lowest BCUT2D eigenvalue weighted by molar-refractivity contribution is -0.384. The van der Waals surface area contributed by atoms with Gasteiger partial charge in [-0.2, -0.15) is 5.06 Å². The second-order valence-corrected chi connectivity index (χ2v) is 7.07. The number of nitrogens with zero attached hydrogens (tertiary/aromatic N) is 2. The molecule has 0 saturated carbocycles. The van der Waals surface area contributed by atoms with Crippen LogP contribution in [0.4, 0.5) is 5.69 Å². The van der Waals surface area contributed by atoms with Crippen LogP contribution in [0.5, 0.6) is 0 Å². The molecule has 0 bridgehead atoms. The number of benzene rings is 1. The zero-order chi connectivity index (χ0) is 16.0. The van der Waals surface area contributed by atoms with Crippen LogP contribution in [0.15, 0.2) is 24.3 Å². The molecule has 22 heavy (non-hydrogen) atoms. The number of nitro groups is 1. The fourth-order valence-electron chi connectivity index (χ4n) is 2.01. The van der Waals surface area contributed by atoms with Gasteiger partial charge in [-0.1, -0.05) is 12.1 Å². The Morgan fingerprint density at radius 3 is 2.45 bits per heavy atom. The van der Waals surface area contributed by atoms with Gasteiger partial charge in [-0.15, -0.1) is 0 Å². The van der Waals surface area contributed by atoms with Crippen molar-refractivity contribution < 1.29 is 22.9 Å². The molecule has 0 aromatic heterocycles. The fraction of sp³-hybridized carbons (Fsp3) is 0.538. The highest BCUT2D eigenvalue weighted by Gasteiger charge is 2.16. The predicted molar refractivity (Wildman–Crippen MR) is 78.9 cm³/mol. The Kier molecular flexibility index (Phi) is 5.83. The first-order valence-electron chi connectivity index (χ1n) is 6.86. The second kappa shape index (κ2) is 7.63. The highest BCUT2D eigenvalue weighted by Crippen LogP contribution is 2.14. The Morgan fingerprint density at radius 1 is 1.23 bits per heavy atom. The van der Waals surface area contributed by atoms with Gasteiger partial charge in [-0.3, -0.25) is 15.0 Å². The van der Waals surface area contributed by atoms with Crippen LogP contribution < -0.4 is 0 Å². The molecule has 0 atom stereocenters. The number of sulfone groups is 1. The molecule has 1 heterocycles. The number of nitro benzene ring substituents is 1. The highest BCUT2D eigenvalue weighted by atomic mass is 32.2. The summed E-state index contributed by atoms with van der Waals surface area (Å²) in [7, 11) is -3.32. The summed E-state index contributed by atoms with van der Waals surface area (Å²) in [5, 5.41) is 12.2. The molecule has 1 aliphatic heterocycles. The smallest absolute Gasteiger partial charge is 0.269 e. The lowest BCUT2D eigenvalue weighted by atomic mass is 10.2. The van der Waals surface area contributed by atoms with Crippen LogP contribution in [-0.4, -0.2) is 57.1 Å². The van der Waals surface area contributed by atoms with Crippen molar-refractivity contribution in [3.05, 3.63) is 39.9 Å². The quantitative estimate of drug-likeness (QED) is 0.538. The van der Waals surface area contributed by atoms with Crippen molar-refractivity contribution in [2.45, 2.75) is 5.75 Å². The minimum absolute atomic E-state index is 0.0585. The van der Waals surface area contributed by atoms with Crippen LogP contribution >= 0.6 is 0 Å². The molecule has 2 rings (SSSR count). The molecule has 0 N–H and O–H groups in total. The number of hydrogen-bond donors (Lipinski definition) is 0. The monoisotopic (exact) mass is 330 g/mol. The van der Waals surface area contributed by atoms with Crippen LogP contribution in [-0.2, 0) is 25.2 Å². The van der Waals surface area contributed by atoms with Crippen LogP contribution in [0.3, 0.4) is 0 Å². The van der Waals surface area contributed by atoms with Gasteiger partial charge in [0.25, 0.3) is 5.69 Å². The van der Waals surface area contributed by atoms with Gasteiger partial charge in [0.15, 0.2) is 9.84 Å². The molecule has 1 fully saturated rings. The fourth-order valence-corrected chi connectivity index (χ4v) is 3.18. The van der Waals surface area contributed by atoms with Crippen molar-refractivity contribution in [1.82, 2.24) is 5.06 Å². The summed E-state index contributed by atoms with van der Waals surface area (Å²) in [6.07, 6.45) is 0. The molecule has 0 radical (unpaired) electrons. The first-order valence-corrected chi connectivity index (χ1v) is 8.68. The normalized spacial score (nSPS) is 16.5. The van der Waals surface area contributed by atoms with E-state index in [0.29, 0.717) is 31.9 Å². The van der Waals surface area contributed by atoms with Gasteiger partial charge in [0.1, 0.15) is 0 Å². The third-order valence-electron chi connectivity index (χ3n) is 3.17. The molecule has 8 nitrogen and oxygen atoms in total. The van der Waals surface area contributed by atoms with E-state index in [9.17, 15) is 18.5 Å². The van der Waals surface area contributed by atoms with E-state index < -0.39 is 14.8 Å². The largest absolute Gasteiger partial charge is 0.379 e. The van der Waals surface area contributed by atoms with E-state index in [1.54, 1.807) is 5.06 Å². The molecular formula is C13H18N2O6S. The first-order chi connectivity index (χ1) is 10.5. The first kappa shape index (κ1) is 16.8. The Labute approximate surface area is 128 Å². The lowest BCUT2D eigenvalue weighted by Crippen LogP contribution is -2.37. The van der Waals surface area contributed by atoms with Gasteiger partial charge in [-0.25, -0.2) is 8.42 Å². The Balaban J connectivity index is 1.81. The molecular weight excluding hydrogens is 312 g/mol. The Hall–Kier alpha value is -1.55. The van der Waals surface area contributed by atoms with Crippen molar-refractivity contribution in [2.75, 3.05) is 38.7 Å². The van der Waals surface area contributed by atoms with Gasteiger partial charge in [0.2, 0.25) is 0 Å². The summed E-state index contributed by atoms with van der Waals surface area (Å²) in [6.45, 7) is 2.51. The maximum Gasteiger partial charge on any atom is 0.269 e. The average Bonchev–Trinajstić information content (AvgIpc) is 2.48. The van der Waals surface area contributed by atoms with Crippen LogP contribution in [0.2, 0.25) is 0 Å². The van der Waals surface area contributed by atoms with Crippen LogP contribution in [0.1, 0.15) is 5.56 Å². The molecule has 0 spiro atoms. The zero-order valence-corrected chi connectivity index (χ0v) is 12.8. The van der Waals surface area contributed by atoms with Gasteiger partial charge >= 0.3 is 0 Å². The van der Waals surface area contributed by atoms with Crippen molar-refractivity contribution in [3.8, 4) is 0 Å². The maximum atomic E-state index is 12.0. The molecule has 0 amide bonds. The summed E-state index contributed by atoms with van der Waals surface area (Å²) in [5.41, 5.74) is 0.466. The molecule has 1 saturated heterocycles. The summed E-state index contributed by atoms with van der Waals surface area (Å²) in [6, 6.07) is 5.52. The number of hydroxylamine groups is 2.